The molecule has 2 rings (SSSR count). The molecule has 0 fully saturated rings. The second kappa shape index (κ2) is 6.09. The van der Waals surface area contributed by atoms with Gasteiger partial charge < -0.3 is 15.8 Å². The molecule has 0 saturated carbocycles. The van der Waals surface area contributed by atoms with Crippen LogP contribution in [0.4, 0.5) is 11.4 Å². The van der Waals surface area contributed by atoms with Crippen LogP contribution in [0.25, 0.3) is 0 Å². The fraction of sp³-hybridized carbons (Fsp3) is 0.125. The number of rotatable bonds is 4. The maximum atomic E-state index is 11.5. The van der Waals surface area contributed by atoms with Crippen molar-refractivity contribution in [3.05, 3.63) is 48.0 Å². The average Bonchev–Trinajstić information content (AvgIpc) is 2.42. The molecule has 0 aliphatic rings. The summed E-state index contributed by atoms with van der Waals surface area (Å²) in [5.74, 6) is 0.653. The summed E-state index contributed by atoms with van der Waals surface area (Å²) in [5.41, 5.74) is 7.12. The van der Waals surface area contributed by atoms with E-state index in [-0.39, 0.29) is 11.7 Å². The Morgan fingerprint density at radius 1 is 1.10 bits per heavy atom. The van der Waals surface area contributed by atoms with Crippen molar-refractivity contribution in [3.8, 4) is 11.5 Å². The van der Waals surface area contributed by atoms with Crippen molar-refractivity contribution < 1.29 is 14.3 Å². The van der Waals surface area contributed by atoms with Crippen molar-refractivity contribution >= 4 is 23.1 Å². The molecule has 0 spiro atoms. The Bertz CT molecular complexity index is 696. The summed E-state index contributed by atoms with van der Waals surface area (Å²) in [5, 5.41) is 2.69. The van der Waals surface area contributed by atoms with Crippen molar-refractivity contribution in [2.24, 2.45) is 0 Å². The Morgan fingerprint density at radius 2 is 1.81 bits per heavy atom. The number of Topliss-reactive ketones (excluding diaryl/α,β-unsaturated/α-hetero) is 1. The maximum absolute atomic E-state index is 11.5. The van der Waals surface area contributed by atoms with E-state index < -0.39 is 0 Å². The molecular weight excluding hydrogens is 268 g/mol. The van der Waals surface area contributed by atoms with E-state index >= 15 is 0 Å². The molecule has 2 aromatic carbocycles. The van der Waals surface area contributed by atoms with Crippen molar-refractivity contribution in [3.63, 3.8) is 0 Å². The lowest BCUT2D eigenvalue weighted by molar-refractivity contribution is -0.114. The minimum atomic E-state index is -0.187. The highest BCUT2D eigenvalue weighted by Crippen LogP contribution is 2.30. The summed E-state index contributed by atoms with van der Waals surface area (Å²) in [4.78, 5) is 22.7. The number of benzene rings is 2. The molecule has 0 bridgehead atoms. The fourth-order valence-electron chi connectivity index (χ4n) is 1.88. The number of nitrogens with one attached hydrogen (secondary N) is 1. The number of carbonyl (C=O) groups excluding carboxylic acids is 2. The summed E-state index contributed by atoms with van der Waals surface area (Å²) >= 11 is 0. The smallest absolute Gasteiger partial charge is 0.221 e. The van der Waals surface area contributed by atoms with Gasteiger partial charge in [-0.05, 0) is 37.3 Å². The largest absolute Gasteiger partial charge is 0.455 e. The van der Waals surface area contributed by atoms with Crippen LogP contribution in [0.5, 0.6) is 11.5 Å². The minimum absolute atomic E-state index is 0.131. The first-order valence-electron chi connectivity index (χ1n) is 6.42. The topological polar surface area (TPSA) is 81.4 Å². The van der Waals surface area contributed by atoms with Gasteiger partial charge in [-0.15, -0.1) is 0 Å². The number of amides is 1. The molecule has 0 unspecified atom stereocenters. The summed E-state index contributed by atoms with van der Waals surface area (Å²) in [6.45, 7) is 2.87. The van der Waals surface area contributed by atoms with E-state index in [2.05, 4.69) is 5.32 Å². The van der Waals surface area contributed by atoms with E-state index in [1.165, 1.54) is 13.8 Å². The van der Waals surface area contributed by atoms with E-state index in [4.69, 9.17) is 10.5 Å². The highest BCUT2D eigenvalue weighted by Gasteiger charge is 2.09. The Kier molecular flexibility index (Phi) is 4.23. The predicted molar refractivity (Wildman–Crippen MR) is 81.7 cm³/mol. The van der Waals surface area contributed by atoms with Crippen molar-refractivity contribution in [2.75, 3.05) is 11.1 Å². The molecule has 21 heavy (non-hydrogen) atoms. The van der Waals surface area contributed by atoms with Gasteiger partial charge in [0.05, 0.1) is 5.69 Å². The average molecular weight is 284 g/mol. The van der Waals surface area contributed by atoms with Gasteiger partial charge in [-0.25, -0.2) is 0 Å². The zero-order valence-corrected chi connectivity index (χ0v) is 11.8. The first kappa shape index (κ1) is 14.6. The zero-order chi connectivity index (χ0) is 15.4. The van der Waals surface area contributed by atoms with E-state index in [0.29, 0.717) is 28.4 Å². The third-order valence-electron chi connectivity index (χ3n) is 2.83. The Balaban J connectivity index is 2.32. The highest BCUT2D eigenvalue weighted by molar-refractivity contribution is 5.99. The van der Waals surface area contributed by atoms with Crippen molar-refractivity contribution in [2.45, 2.75) is 13.8 Å². The van der Waals surface area contributed by atoms with E-state index in [1.54, 1.807) is 42.5 Å². The van der Waals surface area contributed by atoms with E-state index in [9.17, 15) is 9.59 Å². The fourth-order valence-corrected chi connectivity index (χ4v) is 1.88. The van der Waals surface area contributed by atoms with Crippen LogP contribution < -0.4 is 15.8 Å². The summed E-state index contributed by atoms with van der Waals surface area (Å²) < 4.78 is 5.73. The molecule has 0 aromatic heterocycles. The van der Waals surface area contributed by atoms with Crippen LogP contribution in [0, 0.1) is 0 Å². The number of hydrogen-bond donors (Lipinski definition) is 2. The van der Waals surface area contributed by atoms with Gasteiger partial charge in [-0.3, -0.25) is 9.59 Å². The molecule has 0 saturated heterocycles. The lowest BCUT2D eigenvalue weighted by atomic mass is 10.1. The zero-order valence-electron chi connectivity index (χ0n) is 11.8. The summed E-state index contributed by atoms with van der Waals surface area (Å²) in [6.07, 6.45) is 0. The monoisotopic (exact) mass is 284 g/mol. The van der Waals surface area contributed by atoms with Crippen molar-refractivity contribution in [1.29, 1.82) is 0 Å². The standard InChI is InChI=1S/C16H16N2O3/c1-10(19)13-9-12(7-8-14(13)17)21-16-6-4-3-5-15(16)18-11(2)20/h3-9H,17H2,1-2H3,(H,18,20). The number of hydrogen-bond acceptors (Lipinski definition) is 4. The van der Waals surface area contributed by atoms with Gasteiger partial charge in [0.2, 0.25) is 5.91 Å². The van der Waals surface area contributed by atoms with Gasteiger partial charge >= 0.3 is 0 Å². The van der Waals surface area contributed by atoms with Crippen LogP contribution in [0.2, 0.25) is 0 Å². The van der Waals surface area contributed by atoms with E-state index in [0.717, 1.165) is 0 Å². The van der Waals surface area contributed by atoms with Crippen LogP contribution in [-0.2, 0) is 4.79 Å². The lowest BCUT2D eigenvalue weighted by Crippen LogP contribution is -2.07. The number of para-hydroxylation sites is 2. The maximum Gasteiger partial charge on any atom is 0.221 e. The number of nitrogen functional groups attached to an aromatic ring is 1. The van der Waals surface area contributed by atoms with Gasteiger partial charge in [0.1, 0.15) is 5.75 Å². The normalized spacial score (nSPS) is 10.0. The molecule has 0 aliphatic heterocycles. The Hall–Kier alpha value is -2.82. The second-order valence-electron chi connectivity index (χ2n) is 4.58. The molecule has 5 heteroatoms. The van der Waals surface area contributed by atoms with Crippen LogP contribution in [0.3, 0.4) is 0 Å². The van der Waals surface area contributed by atoms with Gasteiger partial charge in [-0.2, -0.15) is 0 Å². The van der Waals surface area contributed by atoms with E-state index in [1.807, 2.05) is 0 Å². The quantitative estimate of drug-likeness (QED) is 0.667. The molecule has 1 amide bonds. The Labute approximate surface area is 122 Å². The van der Waals surface area contributed by atoms with Gasteiger partial charge in [-0.1, -0.05) is 12.1 Å². The highest BCUT2D eigenvalue weighted by atomic mass is 16.5. The summed E-state index contributed by atoms with van der Waals surface area (Å²) in [7, 11) is 0. The van der Waals surface area contributed by atoms with Crippen LogP contribution in [0.15, 0.2) is 42.5 Å². The number of carbonyl (C=O) groups is 2. The van der Waals surface area contributed by atoms with Crippen LogP contribution in [0.1, 0.15) is 24.2 Å². The molecule has 0 aliphatic carbocycles. The molecule has 2 aromatic rings. The third-order valence-corrected chi connectivity index (χ3v) is 2.83. The molecule has 0 heterocycles. The second-order valence-corrected chi connectivity index (χ2v) is 4.58. The lowest BCUT2D eigenvalue weighted by Gasteiger charge is -2.12. The molecule has 0 radical (unpaired) electrons. The molecule has 5 nitrogen and oxygen atoms in total. The van der Waals surface area contributed by atoms with Gasteiger partial charge in [0.25, 0.3) is 0 Å². The molecule has 3 N–H and O–H groups in total. The first-order chi connectivity index (χ1) is 9.97. The SMILES string of the molecule is CC(=O)Nc1ccccc1Oc1ccc(N)c(C(C)=O)c1. The van der Waals surface area contributed by atoms with Crippen molar-refractivity contribution in [1.82, 2.24) is 0 Å². The number of ether oxygens (including phenoxy) is 1. The van der Waals surface area contributed by atoms with Gasteiger partial charge in [0.15, 0.2) is 11.5 Å². The number of anilines is 2. The molecule has 108 valence electrons. The molecular formula is C16H16N2O3. The summed E-state index contributed by atoms with van der Waals surface area (Å²) in [6, 6.07) is 11.9. The van der Waals surface area contributed by atoms with Crippen LogP contribution in [-0.4, -0.2) is 11.7 Å². The predicted octanol–water partition coefficient (Wildman–Crippen LogP) is 3.22. The third kappa shape index (κ3) is 3.60. The van der Waals surface area contributed by atoms with Crippen LogP contribution >= 0.6 is 0 Å². The number of ketones is 1. The minimum Gasteiger partial charge on any atom is -0.455 e. The molecule has 0 atom stereocenters. The Morgan fingerprint density at radius 3 is 2.48 bits per heavy atom. The number of nitrogens with two attached hydrogens (primary N) is 1. The van der Waals surface area contributed by atoms with Gasteiger partial charge in [0, 0.05) is 18.2 Å². The first-order valence-corrected chi connectivity index (χ1v) is 6.42.